The summed E-state index contributed by atoms with van der Waals surface area (Å²) >= 11 is 1.34. The highest BCUT2D eigenvalue weighted by atomic mass is 32.1. The second-order valence-electron chi connectivity index (χ2n) is 4.28. The van der Waals surface area contributed by atoms with Gasteiger partial charge in [-0.1, -0.05) is 48.9 Å². The lowest BCUT2D eigenvalue weighted by molar-refractivity contribution is 0.286. The van der Waals surface area contributed by atoms with E-state index in [0.717, 1.165) is 22.6 Å². The minimum atomic E-state index is -0.0121. The number of thiazole rings is 1. The molecule has 1 aromatic carbocycles. The average Bonchev–Trinajstić information content (AvgIpc) is 2.78. The van der Waals surface area contributed by atoms with Crippen LogP contribution in [0, 0.1) is 0 Å². The lowest BCUT2D eigenvalue weighted by Crippen LogP contribution is -1.88. The Balaban J connectivity index is 2.22. The molecule has 0 amide bonds. The normalized spacial score (nSPS) is 10.8. The molecule has 0 spiro atoms. The molecule has 0 atom stereocenters. The zero-order valence-electron chi connectivity index (χ0n) is 10.5. The number of hydrogen-bond acceptors (Lipinski definition) is 4. The zero-order chi connectivity index (χ0) is 13.0. The van der Waals surface area contributed by atoms with E-state index >= 15 is 0 Å². The number of aliphatic hydroxyl groups excluding tert-OH is 1. The van der Waals surface area contributed by atoms with Crippen molar-refractivity contribution < 1.29 is 5.11 Å². The van der Waals surface area contributed by atoms with Crippen molar-refractivity contribution in [3.63, 3.8) is 0 Å². The molecule has 96 valence electrons. The first-order valence-electron chi connectivity index (χ1n) is 6.20. The van der Waals surface area contributed by atoms with Gasteiger partial charge in [0.05, 0.1) is 17.2 Å². The van der Waals surface area contributed by atoms with Gasteiger partial charge in [-0.15, -0.1) is 0 Å². The summed E-state index contributed by atoms with van der Waals surface area (Å²) in [6.07, 6.45) is 3.53. The second kappa shape index (κ2) is 5.98. The van der Waals surface area contributed by atoms with Crippen molar-refractivity contribution in [2.24, 2.45) is 0 Å². The molecule has 0 aliphatic rings. The lowest BCUT2D eigenvalue weighted by Gasteiger charge is -2.03. The number of anilines is 1. The standard InChI is InChI=1S/C14H18N2OS/c1-2-3-4-10-5-7-11(8-6-10)13-12(9-17)18-14(15)16-13/h5-8,17H,2-4,9H2,1H3,(H2,15,16). The minimum absolute atomic E-state index is 0.0121. The first-order chi connectivity index (χ1) is 8.74. The molecule has 3 N–H and O–H groups in total. The summed E-state index contributed by atoms with van der Waals surface area (Å²) < 4.78 is 0. The summed E-state index contributed by atoms with van der Waals surface area (Å²) in [6, 6.07) is 8.36. The molecule has 1 aromatic heterocycles. The lowest BCUT2D eigenvalue weighted by atomic mass is 10.0. The van der Waals surface area contributed by atoms with E-state index in [9.17, 15) is 5.11 Å². The van der Waals surface area contributed by atoms with E-state index in [-0.39, 0.29) is 6.61 Å². The van der Waals surface area contributed by atoms with Gasteiger partial charge >= 0.3 is 0 Å². The van der Waals surface area contributed by atoms with Crippen LogP contribution in [0.3, 0.4) is 0 Å². The van der Waals surface area contributed by atoms with Gasteiger partial charge in [0.15, 0.2) is 5.13 Å². The Hall–Kier alpha value is -1.39. The minimum Gasteiger partial charge on any atom is -0.391 e. The van der Waals surface area contributed by atoms with Crippen molar-refractivity contribution in [3.8, 4) is 11.3 Å². The molecule has 0 aliphatic heterocycles. The van der Waals surface area contributed by atoms with Gasteiger partial charge in [-0.2, -0.15) is 0 Å². The van der Waals surface area contributed by atoms with Crippen molar-refractivity contribution in [1.82, 2.24) is 4.98 Å². The third-order valence-electron chi connectivity index (χ3n) is 2.90. The summed E-state index contributed by atoms with van der Waals surface area (Å²) in [6.45, 7) is 2.18. The first kappa shape index (κ1) is 13.1. The van der Waals surface area contributed by atoms with Gasteiger partial charge in [-0.25, -0.2) is 4.98 Å². The topological polar surface area (TPSA) is 59.1 Å². The molecular formula is C14H18N2OS. The Morgan fingerprint density at radius 1 is 1.28 bits per heavy atom. The molecule has 0 saturated carbocycles. The predicted octanol–water partition coefficient (Wildman–Crippen LogP) is 3.23. The highest BCUT2D eigenvalue weighted by molar-refractivity contribution is 7.15. The Morgan fingerprint density at radius 3 is 2.61 bits per heavy atom. The van der Waals surface area contributed by atoms with E-state index in [0.29, 0.717) is 5.13 Å². The number of rotatable bonds is 5. The van der Waals surface area contributed by atoms with Gasteiger partial charge in [-0.05, 0) is 18.4 Å². The van der Waals surface area contributed by atoms with Crippen molar-refractivity contribution >= 4 is 16.5 Å². The highest BCUT2D eigenvalue weighted by Crippen LogP contribution is 2.29. The van der Waals surface area contributed by atoms with E-state index in [2.05, 4.69) is 36.2 Å². The highest BCUT2D eigenvalue weighted by Gasteiger charge is 2.10. The molecule has 0 bridgehead atoms. The van der Waals surface area contributed by atoms with Crippen LogP contribution in [0.1, 0.15) is 30.2 Å². The number of nitrogens with zero attached hydrogens (tertiary/aromatic N) is 1. The molecule has 0 radical (unpaired) electrons. The Labute approximate surface area is 111 Å². The maximum Gasteiger partial charge on any atom is 0.180 e. The number of hydrogen-bond donors (Lipinski definition) is 2. The number of unbranched alkanes of at least 4 members (excludes halogenated alkanes) is 1. The Morgan fingerprint density at radius 2 is 2.00 bits per heavy atom. The summed E-state index contributed by atoms with van der Waals surface area (Å²) in [5.41, 5.74) is 8.85. The van der Waals surface area contributed by atoms with Crippen LogP contribution in [0.15, 0.2) is 24.3 Å². The van der Waals surface area contributed by atoms with Crippen LogP contribution in [0.5, 0.6) is 0 Å². The average molecular weight is 262 g/mol. The van der Waals surface area contributed by atoms with Crippen LogP contribution >= 0.6 is 11.3 Å². The van der Waals surface area contributed by atoms with Gasteiger partial charge < -0.3 is 10.8 Å². The largest absolute Gasteiger partial charge is 0.391 e. The van der Waals surface area contributed by atoms with Crippen LogP contribution in [0.25, 0.3) is 11.3 Å². The van der Waals surface area contributed by atoms with Crippen molar-refractivity contribution in [2.45, 2.75) is 32.8 Å². The molecule has 0 fully saturated rings. The van der Waals surface area contributed by atoms with Crippen LogP contribution in [0.2, 0.25) is 0 Å². The fraction of sp³-hybridized carbons (Fsp3) is 0.357. The molecule has 0 unspecified atom stereocenters. The molecular weight excluding hydrogens is 244 g/mol. The summed E-state index contributed by atoms with van der Waals surface area (Å²) in [5.74, 6) is 0. The maximum absolute atomic E-state index is 9.28. The van der Waals surface area contributed by atoms with Crippen LogP contribution in [-0.4, -0.2) is 10.1 Å². The molecule has 0 saturated heterocycles. The van der Waals surface area contributed by atoms with E-state index in [1.807, 2.05) is 0 Å². The van der Waals surface area contributed by atoms with Gasteiger partial charge in [0.25, 0.3) is 0 Å². The number of nitrogen functional groups attached to an aromatic ring is 1. The molecule has 4 heteroatoms. The van der Waals surface area contributed by atoms with Crippen molar-refractivity contribution in [1.29, 1.82) is 0 Å². The van der Waals surface area contributed by atoms with Gasteiger partial charge in [0, 0.05) is 5.56 Å². The fourth-order valence-electron chi connectivity index (χ4n) is 1.91. The zero-order valence-corrected chi connectivity index (χ0v) is 11.3. The number of nitrogens with two attached hydrogens (primary N) is 1. The number of benzene rings is 1. The smallest absolute Gasteiger partial charge is 0.180 e. The first-order valence-corrected chi connectivity index (χ1v) is 7.01. The van der Waals surface area contributed by atoms with Gasteiger partial charge in [0.2, 0.25) is 0 Å². The van der Waals surface area contributed by atoms with Crippen LogP contribution in [0.4, 0.5) is 5.13 Å². The van der Waals surface area contributed by atoms with E-state index < -0.39 is 0 Å². The van der Waals surface area contributed by atoms with Crippen LogP contribution in [-0.2, 0) is 13.0 Å². The molecule has 18 heavy (non-hydrogen) atoms. The van der Waals surface area contributed by atoms with E-state index in [1.54, 1.807) is 0 Å². The fourth-order valence-corrected chi connectivity index (χ4v) is 2.63. The molecule has 2 aromatic rings. The van der Waals surface area contributed by atoms with E-state index in [1.165, 1.54) is 29.7 Å². The molecule has 3 nitrogen and oxygen atoms in total. The predicted molar refractivity (Wildman–Crippen MR) is 76.5 cm³/mol. The molecule has 2 rings (SSSR count). The summed E-state index contributed by atoms with van der Waals surface area (Å²) in [5, 5.41) is 9.78. The van der Waals surface area contributed by atoms with Crippen LogP contribution < -0.4 is 5.73 Å². The van der Waals surface area contributed by atoms with Gasteiger partial charge in [-0.3, -0.25) is 0 Å². The number of aliphatic hydroxyl groups is 1. The Bertz CT molecular complexity index is 505. The summed E-state index contributed by atoms with van der Waals surface area (Å²) in [7, 11) is 0. The summed E-state index contributed by atoms with van der Waals surface area (Å²) in [4.78, 5) is 5.11. The van der Waals surface area contributed by atoms with Gasteiger partial charge in [0.1, 0.15) is 0 Å². The molecule has 0 aliphatic carbocycles. The van der Waals surface area contributed by atoms with Crippen molar-refractivity contribution in [2.75, 3.05) is 5.73 Å². The number of aryl methyl sites for hydroxylation is 1. The maximum atomic E-state index is 9.28. The van der Waals surface area contributed by atoms with E-state index in [4.69, 9.17) is 5.73 Å². The monoisotopic (exact) mass is 262 g/mol. The second-order valence-corrected chi connectivity index (χ2v) is 5.40. The van der Waals surface area contributed by atoms with Crippen molar-refractivity contribution in [3.05, 3.63) is 34.7 Å². The quantitative estimate of drug-likeness (QED) is 0.869. The Kier molecular flexibility index (Phi) is 4.33. The molecule has 1 heterocycles. The third kappa shape index (κ3) is 2.89. The third-order valence-corrected chi connectivity index (χ3v) is 3.77. The number of aromatic nitrogens is 1. The SMILES string of the molecule is CCCCc1ccc(-c2nc(N)sc2CO)cc1.